The summed E-state index contributed by atoms with van der Waals surface area (Å²) in [7, 11) is -3.33. The summed E-state index contributed by atoms with van der Waals surface area (Å²) < 4.78 is 40.1. The van der Waals surface area contributed by atoms with Gasteiger partial charge in [-0.25, -0.2) is 12.8 Å². The maximum Gasteiger partial charge on any atom is 0.181 e. The van der Waals surface area contributed by atoms with Crippen LogP contribution in [0.2, 0.25) is 0 Å². The van der Waals surface area contributed by atoms with Crippen LogP contribution in [0.15, 0.2) is 53.4 Å². The number of fused-ring (bicyclic) bond motifs is 1. The van der Waals surface area contributed by atoms with Crippen LogP contribution in [0.1, 0.15) is 38.7 Å². The van der Waals surface area contributed by atoms with E-state index in [2.05, 4.69) is 23.6 Å². The zero-order chi connectivity index (χ0) is 24.2. The Bertz CT molecular complexity index is 1050. The monoisotopic (exact) mass is 522 g/mol. The van der Waals surface area contributed by atoms with Gasteiger partial charge in [-0.3, -0.25) is 4.90 Å². The molecule has 2 aromatic rings. The van der Waals surface area contributed by atoms with Crippen molar-refractivity contribution < 1.29 is 12.8 Å². The second kappa shape index (κ2) is 11.2. The lowest BCUT2D eigenvalue weighted by atomic mass is 10.0. The topological polar surface area (TPSA) is 40.6 Å². The Balaban J connectivity index is 1.39. The molecule has 186 valence electrons. The van der Waals surface area contributed by atoms with Crippen LogP contribution in [0.5, 0.6) is 0 Å². The molecule has 2 aliphatic rings. The minimum Gasteiger partial charge on any atom is -0.369 e. The quantitative estimate of drug-likeness (QED) is 0.398. The second-order valence-electron chi connectivity index (χ2n) is 8.93. The fraction of sp³-hybridized carbons (Fsp3) is 0.538. The molecular weight excluding hydrogens is 487 g/mol. The highest BCUT2D eigenvalue weighted by molar-refractivity contribution is 8.17. The fourth-order valence-electron chi connectivity index (χ4n) is 5.19. The molecular formula is C26H35FN2O2S3. The van der Waals surface area contributed by atoms with Crippen molar-refractivity contribution in [1.29, 1.82) is 0 Å². The van der Waals surface area contributed by atoms with Crippen molar-refractivity contribution in [1.82, 2.24) is 4.90 Å². The van der Waals surface area contributed by atoms with E-state index >= 15 is 0 Å². The summed E-state index contributed by atoms with van der Waals surface area (Å²) in [5, 5.41) is -0.332. The SMILES string of the molecule is CCSC1(SCC)CC(CCCN2CCN(c3ccc(F)cc3)CC2)S(=O)(=O)c2ccccc21. The van der Waals surface area contributed by atoms with Gasteiger partial charge in [0.25, 0.3) is 0 Å². The van der Waals surface area contributed by atoms with Crippen molar-refractivity contribution in [2.45, 2.75) is 47.3 Å². The third-order valence-corrected chi connectivity index (χ3v) is 12.1. The molecule has 2 aliphatic heterocycles. The number of nitrogens with zero attached hydrogens (tertiary/aromatic N) is 2. The van der Waals surface area contributed by atoms with Gasteiger partial charge in [-0.15, -0.1) is 23.5 Å². The molecule has 34 heavy (non-hydrogen) atoms. The predicted octanol–water partition coefficient (Wildman–Crippen LogP) is 5.63. The van der Waals surface area contributed by atoms with Gasteiger partial charge in [0, 0.05) is 31.9 Å². The summed E-state index contributed by atoms with van der Waals surface area (Å²) in [4.78, 5) is 5.26. The summed E-state index contributed by atoms with van der Waals surface area (Å²) in [6.45, 7) is 8.94. The summed E-state index contributed by atoms with van der Waals surface area (Å²) in [5.41, 5.74) is 2.05. The first kappa shape index (κ1) is 25.9. The summed E-state index contributed by atoms with van der Waals surface area (Å²) in [5.74, 6) is 1.72. The largest absolute Gasteiger partial charge is 0.369 e. The van der Waals surface area contributed by atoms with Crippen LogP contribution >= 0.6 is 23.5 Å². The Morgan fingerprint density at radius 1 is 0.971 bits per heavy atom. The molecule has 0 bridgehead atoms. The molecule has 4 nitrogen and oxygen atoms in total. The molecule has 0 amide bonds. The van der Waals surface area contributed by atoms with Crippen molar-refractivity contribution in [3.05, 3.63) is 59.9 Å². The summed E-state index contributed by atoms with van der Waals surface area (Å²) >= 11 is 3.78. The highest BCUT2D eigenvalue weighted by Gasteiger charge is 2.47. The standard InChI is InChI=1S/C26H35FN2O2S3/c1-3-32-26(33-4-2)20-23(34(30,31)25-10-6-5-9-24(25)26)8-7-15-28-16-18-29(19-17-28)22-13-11-21(27)12-14-22/h5-6,9-14,23H,3-4,7-8,15-20H2,1-2H3. The lowest BCUT2D eigenvalue weighted by Crippen LogP contribution is -2.47. The molecule has 2 aromatic carbocycles. The van der Waals surface area contributed by atoms with Crippen LogP contribution in [0.3, 0.4) is 0 Å². The normalized spacial score (nSPS) is 21.9. The first-order valence-corrected chi connectivity index (χ1v) is 15.8. The average Bonchev–Trinajstić information content (AvgIpc) is 2.84. The number of anilines is 1. The molecule has 4 rings (SSSR count). The van der Waals surface area contributed by atoms with E-state index in [1.54, 1.807) is 0 Å². The molecule has 0 radical (unpaired) electrons. The molecule has 1 unspecified atom stereocenters. The van der Waals surface area contributed by atoms with Gasteiger partial charge in [0.05, 0.1) is 14.2 Å². The lowest BCUT2D eigenvalue weighted by molar-refractivity contribution is 0.252. The highest BCUT2D eigenvalue weighted by atomic mass is 32.2. The molecule has 0 spiro atoms. The summed E-state index contributed by atoms with van der Waals surface area (Å²) in [6, 6.07) is 14.4. The van der Waals surface area contributed by atoms with Crippen LogP contribution in [0.25, 0.3) is 0 Å². The molecule has 1 saturated heterocycles. The third-order valence-electron chi connectivity index (χ3n) is 6.86. The molecule has 2 heterocycles. The number of halogens is 1. The van der Waals surface area contributed by atoms with E-state index in [0.29, 0.717) is 17.7 Å². The van der Waals surface area contributed by atoms with Crippen molar-refractivity contribution in [3.8, 4) is 0 Å². The minimum atomic E-state index is -3.33. The van der Waals surface area contributed by atoms with Crippen LogP contribution in [-0.4, -0.2) is 62.8 Å². The molecule has 8 heteroatoms. The number of hydrogen-bond donors (Lipinski definition) is 0. The Morgan fingerprint density at radius 3 is 2.26 bits per heavy atom. The molecule has 1 atom stereocenters. The van der Waals surface area contributed by atoms with Gasteiger partial charge in [-0.2, -0.15) is 0 Å². The maximum absolute atomic E-state index is 13.5. The van der Waals surface area contributed by atoms with Crippen LogP contribution < -0.4 is 4.90 Å². The Kier molecular flexibility index (Phi) is 8.54. The number of sulfone groups is 1. The van der Waals surface area contributed by atoms with Crippen LogP contribution in [0, 0.1) is 5.82 Å². The van der Waals surface area contributed by atoms with Gasteiger partial charge in [0.2, 0.25) is 0 Å². The molecule has 0 aliphatic carbocycles. The number of piperazine rings is 1. The second-order valence-corrected chi connectivity index (χ2v) is 14.5. The Hall–Kier alpha value is -1.22. The van der Waals surface area contributed by atoms with Crippen molar-refractivity contribution in [2.24, 2.45) is 0 Å². The van der Waals surface area contributed by atoms with Gasteiger partial charge in [0.1, 0.15) is 5.82 Å². The number of rotatable bonds is 9. The molecule has 0 saturated carbocycles. The van der Waals surface area contributed by atoms with E-state index in [9.17, 15) is 12.8 Å². The van der Waals surface area contributed by atoms with Crippen LogP contribution in [0.4, 0.5) is 10.1 Å². The van der Waals surface area contributed by atoms with Crippen molar-refractivity contribution in [3.63, 3.8) is 0 Å². The molecule has 0 aromatic heterocycles. The first-order valence-electron chi connectivity index (χ1n) is 12.2. The number of benzene rings is 2. The van der Waals surface area contributed by atoms with E-state index in [0.717, 1.165) is 61.9 Å². The Labute approximate surface area is 212 Å². The van der Waals surface area contributed by atoms with Gasteiger partial charge in [-0.05, 0) is 73.2 Å². The van der Waals surface area contributed by atoms with Gasteiger partial charge in [-0.1, -0.05) is 32.0 Å². The van der Waals surface area contributed by atoms with E-state index in [1.807, 2.05) is 59.9 Å². The first-order chi connectivity index (χ1) is 16.4. The van der Waals surface area contributed by atoms with Crippen molar-refractivity contribution >= 4 is 39.0 Å². The van der Waals surface area contributed by atoms with Gasteiger partial charge < -0.3 is 4.90 Å². The fourth-order valence-corrected chi connectivity index (χ4v) is 10.9. The summed E-state index contributed by atoms with van der Waals surface area (Å²) in [6.07, 6.45) is 2.26. The lowest BCUT2D eigenvalue weighted by Gasteiger charge is -2.41. The van der Waals surface area contributed by atoms with E-state index < -0.39 is 9.84 Å². The number of thioether (sulfide) groups is 2. The zero-order valence-corrected chi connectivity index (χ0v) is 22.5. The molecule has 1 fully saturated rings. The van der Waals surface area contributed by atoms with E-state index in [1.165, 1.54) is 12.1 Å². The Morgan fingerprint density at radius 2 is 1.62 bits per heavy atom. The van der Waals surface area contributed by atoms with Gasteiger partial charge >= 0.3 is 0 Å². The third kappa shape index (κ3) is 5.45. The zero-order valence-electron chi connectivity index (χ0n) is 20.1. The van der Waals surface area contributed by atoms with E-state index in [-0.39, 0.29) is 15.1 Å². The van der Waals surface area contributed by atoms with Crippen molar-refractivity contribution in [2.75, 3.05) is 49.1 Å². The average molecular weight is 523 g/mol. The van der Waals surface area contributed by atoms with Gasteiger partial charge in [0.15, 0.2) is 9.84 Å². The predicted molar refractivity (Wildman–Crippen MR) is 144 cm³/mol. The highest BCUT2D eigenvalue weighted by Crippen LogP contribution is 2.56. The van der Waals surface area contributed by atoms with Crippen LogP contribution in [-0.2, 0) is 13.9 Å². The minimum absolute atomic E-state index is 0.184. The molecule has 0 N–H and O–H groups in total. The number of hydrogen-bond acceptors (Lipinski definition) is 6. The maximum atomic E-state index is 13.5. The van der Waals surface area contributed by atoms with E-state index in [4.69, 9.17) is 0 Å². The smallest absolute Gasteiger partial charge is 0.181 e.